The number of hydrogen-bond donors (Lipinski definition) is 3. The zero-order chi connectivity index (χ0) is 33.3. The van der Waals surface area contributed by atoms with Gasteiger partial charge < -0.3 is 19.5 Å². The van der Waals surface area contributed by atoms with Crippen molar-refractivity contribution in [3.05, 3.63) is 78.9 Å². The van der Waals surface area contributed by atoms with Gasteiger partial charge in [0.1, 0.15) is 17.2 Å². The molecule has 0 unspecified atom stereocenters. The monoisotopic (exact) mass is 676 g/mol. The maximum atomic E-state index is 13.6. The second-order valence-corrected chi connectivity index (χ2v) is 13.2. The van der Waals surface area contributed by atoms with E-state index in [9.17, 15) is 40.0 Å². The quantitative estimate of drug-likeness (QED) is 0.161. The highest BCUT2D eigenvalue weighted by molar-refractivity contribution is 7.93. The average Bonchev–Trinajstić information content (AvgIpc) is 3.00. The molecule has 17 heteroatoms. The van der Waals surface area contributed by atoms with Gasteiger partial charge in [0.2, 0.25) is 0 Å². The number of methoxy groups -OCH3 is 1. The van der Waals surface area contributed by atoms with Crippen molar-refractivity contribution in [3.63, 3.8) is 0 Å². The summed E-state index contributed by atoms with van der Waals surface area (Å²) in [4.78, 5) is 12.9. The largest absolute Gasteiger partial charge is 0.573 e. The lowest BCUT2D eigenvalue weighted by Crippen LogP contribution is -2.58. The smallest absolute Gasteiger partial charge is 0.457 e. The first-order chi connectivity index (χ1) is 21.1. The van der Waals surface area contributed by atoms with Crippen LogP contribution in [-0.4, -0.2) is 82.0 Å². The van der Waals surface area contributed by atoms with E-state index in [1.165, 1.54) is 55.6 Å². The van der Waals surface area contributed by atoms with Crippen molar-refractivity contribution in [3.8, 4) is 17.2 Å². The Balaban J connectivity index is 0.000000468. The molecule has 246 valence electrons. The molecule has 12 nitrogen and oxygen atoms in total. The third-order valence-corrected chi connectivity index (χ3v) is 9.90. The molecule has 3 aromatic rings. The van der Waals surface area contributed by atoms with Crippen molar-refractivity contribution in [1.29, 1.82) is 0 Å². The molecule has 1 saturated heterocycles. The molecule has 4 rings (SSSR count). The van der Waals surface area contributed by atoms with Crippen LogP contribution in [-0.2, 0) is 29.5 Å². The van der Waals surface area contributed by atoms with Crippen LogP contribution in [0.25, 0.3) is 0 Å². The first-order valence-electron chi connectivity index (χ1n) is 13.2. The van der Waals surface area contributed by atoms with Crippen LogP contribution in [0.2, 0.25) is 0 Å². The van der Waals surface area contributed by atoms with Gasteiger partial charge in [0.25, 0.3) is 16.0 Å². The molecule has 0 bridgehead atoms. The Kier molecular flexibility index (Phi) is 11.9. The number of halogens is 3. The highest BCUT2D eigenvalue weighted by atomic mass is 32.2. The second kappa shape index (κ2) is 15.0. The zero-order valence-corrected chi connectivity index (χ0v) is 25.4. The molecule has 0 aliphatic carbocycles. The van der Waals surface area contributed by atoms with Crippen LogP contribution < -0.4 is 14.8 Å². The Hall–Kier alpha value is -3.74. The number of amides is 1. The molecular formula is C28H31F3N2O10S2. The van der Waals surface area contributed by atoms with Crippen molar-refractivity contribution in [2.45, 2.75) is 33.7 Å². The van der Waals surface area contributed by atoms with E-state index >= 15 is 0 Å². The number of nitrogens with one attached hydrogen (secondary N) is 1. The van der Waals surface area contributed by atoms with E-state index in [2.05, 4.69) is 10.1 Å². The summed E-state index contributed by atoms with van der Waals surface area (Å²) in [5, 5.41) is 13.6. The van der Waals surface area contributed by atoms with Crippen LogP contribution in [0.1, 0.15) is 12.8 Å². The molecule has 0 spiro atoms. The molecule has 3 N–H and O–H groups in total. The summed E-state index contributed by atoms with van der Waals surface area (Å²) in [6.45, 7) is 0.405. The van der Waals surface area contributed by atoms with Gasteiger partial charge in [-0.2, -0.15) is 8.42 Å². The van der Waals surface area contributed by atoms with Gasteiger partial charge in [-0.1, -0.05) is 18.2 Å². The molecule has 1 heterocycles. The predicted molar refractivity (Wildman–Crippen MR) is 153 cm³/mol. The molecule has 1 amide bonds. The molecule has 0 atom stereocenters. The predicted octanol–water partition coefficient (Wildman–Crippen LogP) is 4.07. The molecular weight excluding hydrogens is 645 g/mol. The first-order valence-corrected chi connectivity index (χ1v) is 16.1. The van der Waals surface area contributed by atoms with Crippen LogP contribution in [0.3, 0.4) is 0 Å². The number of piperidine rings is 1. The van der Waals surface area contributed by atoms with Gasteiger partial charge in [-0.25, -0.2) is 13.5 Å². The molecule has 0 aromatic heterocycles. The standard InChI is InChI=1S/C22H25F3N2O7S.C6H6O3S/c1-32-15-14-27(29)20(28)21(10-12-26-13-11-21)35(30,31)19-8-6-17(7-9-19)33-16-2-4-18(5-3-16)34-22(23,24)25;7-10(8,9)6-4-2-1-3-5-6/h2-9,26,29H,10-15H2,1H3;1-5H,(H,7,8,9). The number of sulfone groups is 1. The van der Waals surface area contributed by atoms with Gasteiger partial charge in [0, 0.05) is 7.11 Å². The topological polar surface area (TPSA) is 169 Å². The third-order valence-electron chi connectivity index (χ3n) is 6.53. The van der Waals surface area contributed by atoms with E-state index in [1.54, 1.807) is 18.2 Å². The van der Waals surface area contributed by atoms with E-state index < -0.39 is 42.7 Å². The van der Waals surface area contributed by atoms with Crippen LogP contribution >= 0.6 is 0 Å². The molecule has 0 radical (unpaired) electrons. The molecule has 0 saturated carbocycles. The highest BCUT2D eigenvalue weighted by Crippen LogP contribution is 2.36. The molecule has 1 fully saturated rings. The summed E-state index contributed by atoms with van der Waals surface area (Å²) in [5.41, 5.74) is 0. The fourth-order valence-corrected chi connectivity index (χ4v) is 6.82. The Bertz CT molecular complexity index is 1610. The van der Waals surface area contributed by atoms with E-state index in [1.807, 2.05) is 0 Å². The lowest BCUT2D eigenvalue weighted by molar-refractivity contribution is -0.274. The summed E-state index contributed by atoms with van der Waals surface area (Å²) in [5.74, 6) is -0.901. The number of alkyl halides is 3. The Labute approximate surface area is 258 Å². The lowest BCUT2D eigenvalue weighted by Gasteiger charge is -2.37. The van der Waals surface area contributed by atoms with Gasteiger partial charge >= 0.3 is 6.36 Å². The molecule has 1 aliphatic rings. The summed E-state index contributed by atoms with van der Waals surface area (Å²) < 4.78 is 106. The number of benzene rings is 3. The van der Waals surface area contributed by atoms with E-state index in [-0.39, 0.29) is 60.4 Å². The van der Waals surface area contributed by atoms with Crippen molar-refractivity contribution < 1.29 is 58.8 Å². The van der Waals surface area contributed by atoms with Gasteiger partial charge in [0.15, 0.2) is 14.6 Å². The van der Waals surface area contributed by atoms with Gasteiger partial charge in [-0.05, 0) is 86.6 Å². The van der Waals surface area contributed by atoms with E-state index in [0.29, 0.717) is 5.06 Å². The highest BCUT2D eigenvalue weighted by Gasteiger charge is 2.53. The molecule has 1 aliphatic heterocycles. The van der Waals surface area contributed by atoms with Crippen LogP contribution in [0.15, 0.2) is 88.7 Å². The Morgan fingerprint density at radius 2 is 1.38 bits per heavy atom. The molecule has 45 heavy (non-hydrogen) atoms. The number of nitrogens with zero attached hydrogens (tertiary/aromatic N) is 1. The molecule has 3 aromatic carbocycles. The summed E-state index contributed by atoms with van der Waals surface area (Å²) in [6, 6.07) is 17.4. The average molecular weight is 677 g/mol. The number of ether oxygens (including phenoxy) is 3. The zero-order valence-electron chi connectivity index (χ0n) is 23.8. The van der Waals surface area contributed by atoms with Gasteiger partial charge in [-0.15, -0.1) is 13.2 Å². The Morgan fingerprint density at radius 3 is 1.84 bits per heavy atom. The van der Waals surface area contributed by atoms with Crippen molar-refractivity contribution in [2.75, 3.05) is 33.4 Å². The lowest BCUT2D eigenvalue weighted by atomic mass is 9.95. The number of hydrogen-bond acceptors (Lipinski definition) is 10. The number of carbonyl (C=O) groups is 1. The van der Waals surface area contributed by atoms with Crippen LogP contribution in [0.5, 0.6) is 17.2 Å². The maximum Gasteiger partial charge on any atom is 0.573 e. The van der Waals surface area contributed by atoms with Gasteiger partial charge in [-0.3, -0.25) is 14.6 Å². The third kappa shape index (κ3) is 9.62. The van der Waals surface area contributed by atoms with Crippen molar-refractivity contribution >= 4 is 25.9 Å². The summed E-state index contributed by atoms with van der Waals surface area (Å²) in [6.07, 6.45) is -4.86. The fourth-order valence-electron chi connectivity index (χ4n) is 4.29. The minimum Gasteiger partial charge on any atom is -0.457 e. The van der Waals surface area contributed by atoms with Crippen molar-refractivity contribution in [1.82, 2.24) is 10.4 Å². The minimum absolute atomic E-state index is 0.0250. The Morgan fingerprint density at radius 1 is 0.867 bits per heavy atom. The van der Waals surface area contributed by atoms with Gasteiger partial charge in [0.05, 0.1) is 22.9 Å². The van der Waals surface area contributed by atoms with E-state index in [4.69, 9.17) is 14.0 Å². The number of rotatable bonds is 10. The summed E-state index contributed by atoms with van der Waals surface area (Å²) >= 11 is 0. The maximum absolute atomic E-state index is 13.6. The van der Waals surface area contributed by atoms with Crippen LogP contribution in [0.4, 0.5) is 13.2 Å². The fraction of sp³-hybridized carbons (Fsp3) is 0.321. The normalized spacial score (nSPS) is 14.9. The SMILES string of the molecule is COCCN(O)C(=O)C1(S(=O)(=O)c2ccc(Oc3ccc(OC(F)(F)F)cc3)cc2)CCNCC1.O=S(=O)(O)c1ccccc1. The number of hydroxylamine groups is 2. The van der Waals surface area contributed by atoms with E-state index in [0.717, 1.165) is 12.1 Å². The van der Waals surface area contributed by atoms with Crippen molar-refractivity contribution in [2.24, 2.45) is 0 Å². The minimum atomic E-state index is -4.81. The first kappa shape index (κ1) is 35.7. The second-order valence-electron chi connectivity index (χ2n) is 9.55. The van der Waals surface area contributed by atoms with Crippen LogP contribution in [0, 0.1) is 0 Å². The number of carbonyl (C=O) groups excluding carboxylic acids is 1. The summed E-state index contributed by atoms with van der Waals surface area (Å²) in [7, 11) is -6.83.